The van der Waals surface area contributed by atoms with Crippen molar-refractivity contribution in [1.82, 2.24) is 9.97 Å². The molecule has 2 heterocycles. The number of nitrogens with zero attached hydrogens (tertiary/aromatic N) is 3. The van der Waals surface area contributed by atoms with Gasteiger partial charge in [-0.2, -0.15) is 0 Å². The molecule has 1 aliphatic rings. The zero-order valence-corrected chi connectivity index (χ0v) is 10.7. The van der Waals surface area contributed by atoms with E-state index in [1.54, 1.807) is 12.4 Å². The molecule has 0 saturated carbocycles. The lowest BCUT2D eigenvalue weighted by atomic mass is 10.1. The minimum absolute atomic E-state index is 0.357. The molecule has 0 amide bonds. The van der Waals surface area contributed by atoms with Crippen LogP contribution in [0.25, 0.3) is 0 Å². The van der Waals surface area contributed by atoms with Gasteiger partial charge >= 0.3 is 0 Å². The van der Waals surface area contributed by atoms with Crippen molar-refractivity contribution in [3.8, 4) is 0 Å². The zero-order chi connectivity index (χ0) is 12.1. The standard InChI is InChI=1S/C13H21N3O/c1-11(2)4-8-17-12-3-7-16(10-12)13-9-14-5-6-15-13/h5-6,9,11-12H,3-4,7-8,10H2,1-2H3. The van der Waals surface area contributed by atoms with Gasteiger partial charge in [0.15, 0.2) is 0 Å². The summed E-state index contributed by atoms with van der Waals surface area (Å²) in [5.41, 5.74) is 0. The number of ether oxygens (including phenoxy) is 1. The minimum atomic E-state index is 0.357. The predicted molar refractivity (Wildman–Crippen MR) is 68.1 cm³/mol. The summed E-state index contributed by atoms with van der Waals surface area (Å²) in [5.74, 6) is 1.68. The number of anilines is 1. The quantitative estimate of drug-likeness (QED) is 0.783. The second-order valence-corrected chi connectivity index (χ2v) is 4.97. The Kier molecular flexibility index (Phi) is 4.31. The molecule has 94 valence electrons. The lowest BCUT2D eigenvalue weighted by Crippen LogP contribution is -2.24. The van der Waals surface area contributed by atoms with E-state index in [0.717, 1.165) is 38.4 Å². The number of hydrogen-bond donors (Lipinski definition) is 0. The van der Waals surface area contributed by atoms with Crippen LogP contribution in [-0.4, -0.2) is 35.8 Å². The van der Waals surface area contributed by atoms with Gasteiger partial charge in [0.2, 0.25) is 0 Å². The molecule has 0 bridgehead atoms. The van der Waals surface area contributed by atoms with Gasteiger partial charge in [-0.1, -0.05) is 13.8 Å². The van der Waals surface area contributed by atoms with Crippen molar-refractivity contribution in [1.29, 1.82) is 0 Å². The SMILES string of the molecule is CC(C)CCOC1CCN(c2cnccn2)C1. The number of rotatable bonds is 5. The molecule has 17 heavy (non-hydrogen) atoms. The predicted octanol–water partition coefficient (Wildman–Crippen LogP) is 2.12. The molecular formula is C13H21N3O. The van der Waals surface area contributed by atoms with Crippen LogP contribution in [0, 0.1) is 5.92 Å². The Labute approximate surface area is 103 Å². The summed E-state index contributed by atoms with van der Waals surface area (Å²) < 4.78 is 5.88. The Bertz CT molecular complexity index is 329. The molecule has 4 heteroatoms. The van der Waals surface area contributed by atoms with Gasteiger partial charge in [-0.05, 0) is 18.8 Å². The highest BCUT2D eigenvalue weighted by molar-refractivity contribution is 5.36. The summed E-state index contributed by atoms with van der Waals surface area (Å²) in [4.78, 5) is 10.6. The first-order valence-corrected chi connectivity index (χ1v) is 6.38. The van der Waals surface area contributed by atoms with Gasteiger partial charge in [-0.3, -0.25) is 4.98 Å². The molecule has 0 aromatic carbocycles. The van der Waals surface area contributed by atoms with Crippen molar-refractivity contribution in [2.24, 2.45) is 5.92 Å². The van der Waals surface area contributed by atoms with Crippen LogP contribution in [0.15, 0.2) is 18.6 Å². The van der Waals surface area contributed by atoms with E-state index in [9.17, 15) is 0 Å². The molecule has 1 aliphatic heterocycles. The fraction of sp³-hybridized carbons (Fsp3) is 0.692. The number of hydrogen-bond acceptors (Lipinski definition) is 4. The van der Waals surface area contributed by atoms with Crippen LogP contribution >= 0.6 is 0 Å². The Balaban J connectivity index is 1.76. The highest BCUT2D eigenvalue weighted by Gasteiger charge is 2.23. The molecule has 1 aromatic heterocycles. The summed E-state index contributed by atoms with van der Waals surface area (Å²) in [7, 11) is 0. The molecule has 0 N–H and O–H groups in total. The lowest BCUT2D eigenvalue weighted by Gasteiger charge is -2.17. The third-order valence-electron chi connectivity index (χ3n) is 3.07. The van der Waals surface area contributed by atoms with E-state index in [0.29, 0.717) is 12.0 Å². The van der Waals surface area contributed by atoms with Gasteiger partial charge in [0.05, 0.1) is 12.3 Å². The summed E-state index contributed by atoms with van der Waals surface area (Å²) in [6.45, 7) is 7.28. The fourth-order valence-electron chi connectivity index (χ4n) is 2.00. The smallest absolute Gasteiger partial charge is 0.147 e. The van der Waals surface area contributed by atoms with E-state index < -0.39 is 0 Å². The van der Waals surface area contributed by atoms with Crippen molar-refractivity contribution in [3.05, 3.63) is 18.6 Å². The Morgan fingerprint density at radius 1 is 1.47 bits per heavy atom. The van der Waals surface area contributed by atoms with Crippen LogP contribution < -0.4 is 4.90 Å². The molecule has 0 radical (unpaired) electrons. The van der Waals surface area contributed by atoms with Gasteiger partial charge in [-0.15, -0.1) is 0 Å². The molecule has 4 nitrogen and oxygen atoms in total. The van der Waals surface area contributed by atoms with Crippen molar-refractivity contribution < 1.29 is 4.74 Å². The average Bonchev–Trinajstić information content (AvgIpc) is 2.78. The molecular weight excluding hydrogens is 214 g/mol. The molecule has 1 aromatic rings. The van der Waals surface area contributed by atoms with Gasteiger partial charge < -0.3 is 9.64 Å². The molecule has 1 saturated heterocycles. The van der Waals surface area contributed by atoms with E-state index >= 15 is 0 Å². The van der Waals surface area contributed by atoms with E-state index in [1.165, 1.54) is 0 Å². The topological polar surface area (TPSA) is 38.2 Å². The van der Waals surface area contributed by atoms with E-state index in [2.05, 4.69) is 28.7 Å². The van der Waals surface area contributed by atoms with Crippen LogP contribution in [-0.2, 0) is 4.74 Å². The van der Waals surface area contributed by atoms with Crippen LogP contribution in [0.3, 0.4) is 0 Å². The maximum Gasteiger partial charge on any atom is 0.147 e. The zero-order valence-electron chi connectivity index (χ0n) is 10.7. The first kappa shape index (κ1) is 12.3. The highest BCUT2D eigenvalue weighted by Crippen LogP contribution is 2.19. The summed E-state index contributed by atoms with van der Waals surface area (Å²) in [5, 5.41) is 0. The Morgan fingerprint density at radius 3 is 3.06 bits per heavy atom. The van der Waals surface area contributed by atoms with Crippen LogP contribution in [0.5, 0.6) is 0 Å². The summed E-state index contributed by atoms with van der Waals surface area (Å²) >= 11 is 0. The minimum Gasteiger partial charge on any atom is -0.376 e. The van der Waals surface area contributed by atoms with Gasteiger partial charge in [0.1, 0.15) is 5.82 Å². The van der Waals surface area contributed by atoms with E-state index in [1.807, 2.05) is 6.20 Å². The van der Waals surface area contributed by atoms with Crippen LogP contribution in [0.4, 0.5) is 5.82 Å². The maximum atomic E-state index is 5.88. The maximum absolute atomic E-state index is 5.88. The molecule has 0 aliphatic carbocycles. The normalized spacial score (nSPS) is 20.2. The lowest BCUT2D eigenvalue weighted by molar-refractivity contribution is 0.0609. The Morgan fingerprint density at radius 2 is 2.35 bits per heavy atom. The first-order chi connectivity index (χ1) is 8.25. The average molecular weight is 235 g/mol. The second kappa shape index (κ2) is 5.96. The third-order valence-corrected chi connectivity index (χ3v) is 3.07. The molecule has 2 rings (SSSR count). The number of aromatic nitrogens is 2. The van der Waals surface area contributed by atoms with E-state index in [4.69, 9.17) is 4.74 Å². The van der Waals surface area contributed by atoms with E-state index in [-0.39, 0.29) is 0 Å². The largest absolute Gasteiger partial charge is 0.376 e. The molecule has 1 fully saturated rings. The van der Waals surface area contributed by atoms with Crippen LogP contribution in [0.2, 0.25) is 0 Å². The van der Waals surface area contributed by atoms with Gasteiger partial charge in [0, 0.05) is 32.1 Å². The molecule has 1 unspecified atom stereocenters. The van der Waals surface area contributed by atoms with Crippen LogP contribution in [0.1, 0.15) is 26.7 Å². The van der Waals surface area contributed by atoms with Gasteiger partial charge in [0.25, 0.3) is 0 Å². The van der Waals surface area contributed by atoms with Crippen molar-refractivity contribution in [2.75, 3.05) is 24.6 Å². The highest BCUT2D eigenvalue weighted by atomic mass is 16.5. The second-order valence-electron chi connectivity index (χ2n) is 4.97. The van der Waals surface area contributed by atoms with Crippen molar-refractivity contribution >= 4 is 5.82 Å². The summed E-state index contributed by atoms with van der Waals surface area (Å²) in [6.07, 6.45) is 7.85. The third kappa shape index (κ3) is 3.66. The fourth-order valence-corrected chi connectivity index (χ4v) is 2.00. The Hall–Kier alpha value is -1.16. The first-order valence-electron chi connectivity index (χ1n) is 6.38. The van der Waals surface area contributed by atoms with Crippen molar-refractivity contribution in [3.63, 3.8) is 0 Å². The van der Waals surface area contributed by atoms with Gasteiger partial charge in [-0.25, -0.2) is 4.98 Å². The molecule has 1 atom stereocenters. The monoisotopic (exact) mass is 235 g/mol. The molecule has 0 spiro atoms. The summed E-state index contributed by atoms with van der Waals surface area (Å²) in [6, 6.07) is 0. The van der Waals surface area contributed by atoms with Crippen molar-refractivity contribution in [2.45, 2.75) is 32.8 Å².